The molecule has 2 heterocycles. The van der Waals surface area contributed by atoms with Crippen molar-refractivity contribution in [2.45, 2.75) is 44.6 Å². The number of amides is 1. The van der Waals surface area contributed by atoms with Crippen LogP contribution in [0.1, 0.15) is 44.2 Å². The molecule has 1 unspecified atom stereocenters. The van der Waals surface area contributed by atoms with Crippen molar-refractivity contribution in [3.8, 4) is 18.1 Å². The van der Waals surface area contributed by atoms with Gasteiger partial charge in [-0.1, -0.05) is 29.6 Å². The number of nitrogens with one attached hydrogen (secondary N) is 1. The average Bonchev–Trinajstić information content (AvgIpc) is 3.21. The molecule has 3 rings (SSSR count). The minimum absolute atomic E-state index is 0.288. The van der Waals surface area contributed by atoms with E-state index in [0.717, 1.165) is 24.0 Å². The predicted octanol–water partition coefficient (Wildman–Crippen LogP) is 4.93. The summed E-state index contributed by atoms with van der Waals surface area (Å²) < 4.78 is 11.3. The Hall–Kier alpha value is -2.69. The van der Waals surface area contributed by atoms with Gasteiger partial charge in [-0.2, -0.15) is 0 Å². The van der Waals surface area contributed by atoms with E-state index in [0.29, 0.717) is 27.5 Å². The van der Waals surface area contributed by atoms with E-state index in [4.69, 9.17) is 27.3 Å². The van der Waals surface area contributed by atoms with Gasteiger partial charge in [0.1, 0.15) is 17.2 Å². The number of aromatic nitrogens is 2. The highest BCUT2D eigenvalue weighted by molar-refractivity contribution is 7.99. The first kappa shape index (κ1) is 23.0. The number of rotatable bonds is 8. The molecule has 0 aliphatic heterocycles. The molecule has 1 atom stereocenters. The van der Waals surface area contributed by atoms with Crippen molar-refractivity contribution in [3.05, 3.63) is 52.5 Å². The molecule has 0 saturated heterocycles. The third kappa shape index (κ3) is 5.33. The Bertz CT molecular complexity index is 1140. The lowest BCUT2D eigenvalue weighted by molar-refractivity contribution is -0.126. The van der Waals surface area contributed by atoms with Crippen molar-refractivity contribution in [1.82, 2.24) is 15.5 Å². The molecule has 1 aromatic carbocycles. The van der Waals surface area contributed by atoms with E-state index in [1.807, 2.05) is 19.9 Å². The van der Waals surface area contributed by atoms with Gasteiger partial charge in [0.2, 0.25) is 5.44 Å². The molecule has 0 radical (unpaired) electrons. The molecular weight excluding hydrogens is 434 g/mol. The summed E-state index contributed by atoms with van der Waals surface area (Å²) in [4.78, 5) is 17.3. The molecule has 0 aliphatic rings. The number of fused-ring (bicyclic) bond motifs is 1. The zero-order chi connectivity index (χ0) is 22.6. The Kier molecular flexibility index (Phi) is 7.14. The molecular formula is C23H24ClN3O3S. The topological polar surface area (TPSA) is 77.2 Å². The van der Waals surface area contributed by atoms with Gasteiger partial charge in [-0.3, -0.25) is 9.78 Å². The highest BCUT2D eigenvalue weighted by atomic mass is 35.5. The summed E-state index contributed by atoms with van der Waals surface area (Å²) in [5, 5.41) is 8.26. The maximum absolute atomic E-state index is 13.0. The van der Waals surface area contributed by atoms with Gasteiger partial charge in [-0.25, -0.2) is 0 Å². The minimum Gasteiger partial charge on any atom is -0.470 e. The van der Waals surface area contributed by atoms with Crippen molar-refractivity contribution in [3.63, 3.8) is 0 Å². The van der Waals surface area contributed by atoms with Gasteiger partial charge in [0, 0.05) is 35.7 Å². The van der Waals surface area contributed by atoms with Crippen LogP contribution in [-0.2, 0) is 16.8 Å². The van der Waals surface area contributed by atoms with Gasteiger partial charge in [-0.15, -0.1) is 18.2 Å². The second-order valence-corrected chi connectivity index (χ2v) is 8.88. The minimum atomic E-state index is -0.793. The molecule has 1 N–H and O–H groups in total. The van der Waals surface area contributed by atoms with Crippen molar-refractivity contribution in [1.29, 1.82) is 0 Å². The molecule has 1 amide bonds. The smallest absolute Gasteiger partial charge is 0.272 e. The van der Waals surface area contributed by atoms with Crippen molar-refractivity contribution >= 4 is 40.2 Å². The summed E-state index contributed by atoms with van der Waals surface area (Å²) in [6.45, 7) is 5.81. The van der Waals surface area contributed by atoms with E-state index in [1.165, 1.54) is 11.8 Å². The summed E-state index contributed by atoms with van der Waals surface area (Å²) in [7, 11) is 0. The molecule has 0 bridgehead atoms. The van der Waals surface area contributed by atoms with Crippen LogP contribution in [0.25, 0.3) is 10.9 Å². The van der Waals surface area contributed by atoms with Crippen LogP contribution in [0, 0.1) is 12.3 Å². The van der Waals surface area contributed by atoms with Crippen LogP contribution in [0.4, 0.5) is 0 Å². The number of hydrogen-bond donors (Lipinski definition) is 1. The zero-order valence-electron chi connectivity index (χ0n) is 17.9. The fourth-order valence-corrected chi connectivity index (χ4v) is 3.81. The van der Waals surface area contributed by atoms with Crippen LogP contribution in [-0.4, -0.2) is 27.7 Å². The lowest BCUT2D eigenvalue weighted by atomic mass is 10.00. The number of pyridine rings is 1. The van der Waals surface area contributed by atoms with E-state index in [9.17, 15) is 4.79 Å². The molecule has 0 fully saturated rings. The Balaban J connectivity index is 1.78. The molecule has 0 aliphatic carbocycles. The third-order valence-electron chi connectivity index (χ3n) is 4.68. The number of aryl methyl sites for hydroxylation is 1. The monoisotopic (exact) mass is 457 g/mol. The van der Waals surface area contributed by atoms with Gasteiger partial charge < -0.3 is 14.6 Å². The third-order valence-corrected chi connectivity index (χ3v) is 5.71. The number of hydrogen-bond acceptors (Lipinski definition) is 6. The van der Waals surface area contributed by atoms with Crippen molar-refractivity contribution in [2.75, 3.05) is 6.26 Å². The van der Waals surface area contributed by atoms with E-state index in [2.05, 4.69) is 28.3 Å². The van der Waals surface area contributed by atoms with Crippen LogP contribution < -0.4 is 10.1 Å². The van der Waals surface area contributed by atoms with E-state index in [1.54, 1.807) is 30.7 Å². The lowest BCUT2D eigenvalue weighted by Gasteiger charge is -2.26. The fourth-order valence-electron chi connectivity index (χ4n) is 3.06. The molecule has 6 nitrogen and oxygen atoms in total. The number of carbonyl (C=O) groups excluding carboxylic acids is 1. The van der Waals surface area contributed by atoms with E-state index in [-0.39, 0.29) is 5.91 Å². The Labute approximate surface area is 191 Å². The van der Waals surface area contributed by atoms with Crippen molar-refractivity contribution in [2.24, 2.45) is 0 Å². The van der Waals surface area contributed by atoms with Crippen LogP contribution in [0.2, 0.25) is 5.02 Å². The summed E-state index contributed by atoms with van der Waals surface area (Å²) in [5.41, 5.74) is 0.394. The first-order valence-corrected chi connectivity index (χ1v) is 11.5. The summed E-state index contributed by atoms with van der Waals surface area (Å²) >= 11 is 7.63. The highest BCUT2D eigenvalue weighted by Crippen LogP contribution is 2.30. The standard InChI is InChI=1S/C23H24ClN3O3S/c1-6-8-16-12-19(27-30-16)23(3,4)26-21(28)22(31-5)29-17-10-15-9-14(7-2)13-25-20(15)18(24)11-17/h2,9-13,22H,6,8H2,1,3-5H3,(H,26,28). The first-order chi connectivity index (χ1) is 14.8. The van der Waals surface area contributed by atoms with Crippen LogP contribution in [0.5, 0.6) is 5.75 Å². The average molecular weight is 458 g/mol. The number of thioether (sulfide) groups is 1. The van der Waals surface area contributed by atoms with Gasteiger partial charge >= 0.3 is 0 Å². The van der Waals surface area contributed by atoms with Gasteiger partial charge in [0.05, 0.1) is 16.1 Å². The number of carbonyl (C=O) groups is 1. The van der Waals surface area contributed by atoms with Crippen molar-refractivity contribution < 1.29 is 14.1 Å². The Morgan fingerprint density at radius 1 is 1.39 bits per heavy atom. The molecule has 162 valence electrons. The van der Waals surface area contributed by atoms with Gasteiger partial charge in [0.15, 0.2) is 0 Å². The zero-order valence-corrected chi connectivity index (χ0v) is 19.4. The Morgan fingerprint density at radius 3 is 2.84 bits per heavy atom. The second-order valence-electron chi connectivity index (χ2n) is 7.57. The van der Waals surface area contributed by atoms with Crippen LogP contribution in [0.15, 0.2) is 35.0 Å². The Morgan fingerprint density at radius 2 is 2.16 bits per heavy atom. The normalized spacial score (nSPS) is 12.4. The molecule has 3 aromatic rings. The second kappa shape index (κ2) is 9.63. The van der Waals surface area contributed by atoms with E-state index < -0.39 is 11.0 Å². The summed E-state index contributed by atoms with van der Waals surface area (Å²) in [6.07, 6.45) is 10.6. The van der Waals surface area contributed by atoms with E-state index >= 15 is 0 Å². The number of nitrogens with zero attached hydrogens (tertiary/aromatic N) is 2. The number of benzene rings is 1. The molecule has 0 saturated carbocycles. The number of terminal acetylenes is 1. The van der Waals surface area contributed by atoms with Gasteiger partial charge in [-0.05, 0) is 38.7 Å². The predicted molar refractivity (Wildman–Crippen MR) is 124 cm³/mol. The molecule has 0 spiro atoms. The van der Waals surface area contributed by atoms with Crippen LogP contribution >= 0.6 is 23.4 Å². The fraction of sp³-hybridized carbons (Fsp3) is 0.348. The maximum Gasteiger partial charge on any atom is 0.272 e. The quantitative estimate of drug-likeness (QED) is 0.381. The largest absolute Gasteiger partial charge is 0.470 e. The van der Waals surface area contributed by atoms with Crippen LogP contribution in [0.3, 0.4) is 0 Å². The lowest BCUT2D eigenvalue weighted by Crippen LogP contribution is -2.46. The van der Waals surface area contributed by atoms with Gasteiger partial charge in [0.25, 0.3) is 5.91 Å². The number of ether oxygens (including phenoxy) is 1. The SMILES string of the molecule is C#Cc1cnc2c(Cl)cc(OC(SC)C(=O)NC(C)(C)c3cc(CCC)on3)cc2c1. The highest BCUT2D eigenvalue weighted by Gasteiger charge is 2.31. The molecule has 31 heavy (non-hydrogen) atoms. The summed E-state index contributed by atoms with van der Waals surface area (Å²) in [6, 6.07) is 7.09. The maximum atomic E-state index is 13.0. The molecule has 8 heteroatoms. The number of halogens is 1. The summed E-state index contributed by atoms with van der Waals surface area (Å²) in [5.74, 6) is 3.51. The first-order valence-electron chi connectivity index (χ1n) is 9.81. The molecule has 2 aromatic heterocycles.